The maximum atomic E-state index is 11.5. The molecule has 0 saturated heterocycles. The van der Waals surface area contributed by atoms with Crippen LogP contribution in [0.2, 0.25) is 0 Å². The van der Waals surface area contributed by atoms with Gasteiger partial charge in [0.1, 0.15) is 0 Å². The molecule has 92 valence electrons. The standard InChI is InChI=1S/C10H13N3OS3/c1-2-17(14)7-5-13-9(11-12-10(13)15)8-4-3-6-16-8/h3-4,6H,2,5,7H2,1H3,(H,12,15). The monoisotopic (exact) mass is 287 g/mol. The molecular formula is C10H13N3OS3. The van der Waals surface area contributed by atoms with Crippen molar-refractivity contribution in [3.8, 4) is 10.7 Å². The van der Waals surface area contributed by atoms with E-state index in [2.05, 4.69) is 10.2 Å². The lowest BCUT2D eigenvalue weighted by Gasteiger charge is -2.04. The van der Waals surface area contributed by atoms with Crippen LogP contribution < -0.4 is 0 Å². The molecule has 0 saturated carbocycles. The summed E-state index contributed by atoms with van der Waals surface area (Å²) in [6.45, 7) is 2.56. The SMILES string of the molecule is CCS(=O)CCn1c(-c2cccs2)n[nH]c1=S. The first-order valence-electron chi connectivity index (χ1n) is 5.26. The number of thiophene rings is 1. The first-order chi connectivity index (χ1) is 8.22. The molecule has 7 heteroatoms. The minimum absolute atomic E-state index is 0.585. The van der Waals surface area contributed by atoms with E-state index in [9.17, 15) is 4.21 Å². The second-order valence-electron chi connectivity index (χ2n) is 3.41. The third kappa shape index (κ3) is 2.91. The van der Waals surface area contributed by atoms with Crippen molar-refractivity contribution in [2.45, 2.75) is 13.5 Å². The lowest BCUT2D eigenvalue weighted by molar-refractivity contribution is 0.674. The number of H-pyrrole nitrogens is 1. The molecule has 0 fully saturated rings. The number of aromatic nitrogens is 3. The molecule has 0 aromatic carbocycles. The number of aromatic amines is 1. The van der Waals surface area contributed by atoms with Gasteiger partial charge in [0.2, 0.25) is 0 Å². The van der Waals surface area contributed by atoms with Crippen molar-refractivity contribution in [1.82, 2.24) is 14.8 Å². The average molecular weight is 287 g/mol. The molecule has 17 heavy (non-hydrogen) atoms. The molecule has 1 unspecified atom stereocenters. The summed E-state index contributed by atoms with van der Waals surface area (Å²) in [5.74, 6) is 2.13. The highest BCUT2D eigenvalue weighted by Gasteiger charge is 2.10. The second kappa shape index (κ2) is 5.70. The van der Waals surface area contributed by atoms with E-state index in [0.29, 0.717) is 22.8 Å². The molecule has 2 rings (SSSR count). The fraction of sp³-hybridized carbons (Fsp3) is 0.400. The van der Waals surface area contributed by atoms with E-state index in [1.54, 1.807) is 11.3 Å². The topological polar surface area (TPSA) is 50.7 Å². The van der Waals surface area contributed by atoms with Crippen LogP contribution in [-0.2, 0) is 17.3 Å². The van der Waals surface area contributed by atoms with E-state index in [1.165, 1.54) is 0 Å². The Morgan fingerprint density at radius 3 is 3.12 bits per heavy atom. The van der Waals surface area contributed by atoms with Gasteiger partial charge in [-0.25, -0.2) is 0 Å². The Kier molecular flexibility index (Phi) is 4.25. The molecule has 2 aromatic heterocycles. The van der Waals surface area contributed by atoms with Crippen LogP contribution in [0.4, 0.5) is 0 Å². The zero-order chi connectivity index (χ0) is 12.3. The Morgan fingerprint density at radius 1 is 1.65 bits per heavy atom. The first-order valence-corrected chi connectivity index (χ1v) is 8.04. The van der Waals surface area contributed by atoms with Gasteiger partial charge in [-0.1, -0.05) is 13.0 Å². The van der Waals surface area contributed by atoms with Gasteiger partial charge in [-0.15, -0.1) is 11.3 Å². The largest absolute Gasteiger partial charge is 0.299 e. The Morgan fingerprint density at radius 2 is 2.47 bits per heavy atom. The molecule has 2 aromatic rings. The predicted octanol–water partition coefficient (Wildman–Crippen LogP) is 2.44. The second-order valence-corrected chi connectivity index (χ2v) is 6.61. The van der Waals surface area contributed by atoms with Gasteiger partial charge in [0.05, 0.1) is 4.88 Å². The quantitative estimate of drug-likeness (QED) is 0.859. The normalized spacial score (nSPS) is 12.8. The maximum Gasteiger partial charge on any atom is 0.195 e. The van der Waals surface area contributed by atoms with E-state index >= 15 is 0 Å². The average Bonchev–Trinajstić information content (AvgIpc) is 2.95. The van der Waals surface area contributed by atoms with Gasteiger partial charge in [-0.2, -0.15) is 5.10 Å². The predicted molar refractivity (Wildman–Crippen MR) is 74.3 cm³/mol. The Bertz CT molecular complexity index is 556. The van der Waals surface area contributed by atoms with Crippen LogP contribution in [0.25, 0.3) is 10.7 Å². The van der Waals surface area contributed by atoms with Crippen LogP contribution in [0.3, 0.4) is 0 Å². The molecule has 0 aliphatic carbocycles. The van der Waals surface area contributed by atoms with Gasteiger partial charge >= 0.3 is 0 Å². The molecule has 0 aliphatic rings. The summed E-state index contributed by atoms with van der Waals surface area (Å²) in [7, 11) is -0.780. The molecule has 0 amide bonds. The van der Waals surface area contributed by atoms with Gasteiger partial charge in [-0.05, 0) is 23.7 Å². The number of nitrogens with zero attached hydrogens (tertiary/aromatic N) is 2. The van der Waals surface area contributed by atoms with Crippen molar-refractivity contribution < 1.29 is 4.21 Å². The van der Waals surface area contributed by atoms with Crippen LogP contribution in [0.5, 0.6) is 0 Å². The first kappa shape index (κ1) is 12.7. The number of hydrogen-bond donors (Lipinski definition) is 1. The molecule has 2 heterocycles. The number of rotatable bonds is 5. The van der Waals surface area contributed by atoms with Crippen molar-refractivity contribution in [2.24, 2.45) is 0 Å². The van der Waals surface area contributed by atoms with Gasteiger partial charge < -0.3 is 0 Å². The summed E-state index contributed by atoms with van der Waals surface area (Å²) in [5, 5.41) is 9.01. The minimum atomic E-state index is -0.780. The summed E-state index contributed by atoms with van der Waals surface area (Å²) in [6.07, 6.45) is 0. The van der Waals surface area contributed by atoms with Gasteiger partial charge in [0.25, 0.3) is 0 Å². The van der Waals surface area contributed by atoms with E-state index in [-0.39, 0.29) is 0 Å². The molecular weight excluding hydrogens is 274 g/mol. The minimum Gasteiger partial charge on any atom is -0.299 e. The molecule has 0 spiro atoms. The highest BCUT2D eigenvalue weighted by Crippen LogP contribution is 2.22. The molecule has 1 atom stereocenters. The molecule has 0 bridgehead atoms. The zero-order valence-corrected chi connectivity index (χ0v) is 11.8. The zero-order valence-electron chi connectivity index (χ0n) is 9.38. The van der Waals surface area contributed by atoms with Crippen LogP contribution in [0, 0.1) is 4.77 Å². The van der Waals surface area contributed by atoms with Crippen molar-refractivity contribution in [3.63, 3.8) is 0 Å². The Labute approximate surface area is 111 Å². The molecule has 0 radical (unpaired) electrons. The molecule has 4 nitrogen and oxygen atoms in total. The van der Waals surface area contributed by atoms with E-state index in [0.717, 1.165) is 10.7 Å². The lowest BCUT2D eigenvalue weighted by atomic mass is 10.4. The van der Waals surface area contributed by atoms with E-state index < -0.39 is 10.8 Å². The van der Waals surface area contributed by atoms with Crippen LogP contribution in [0.1, 0.15) is 6.92 Å². The summed E-state index contributed by atoms with van der Waals surface area (Å²) in [6, 6.07) is 3.98. The van der Waals surface area contributed by atoms with Crippen molar-refractivity contribution >= 4 is 34.4 Å². The van der Waals surface area contributed by atoms with Crippen molar-refractivity contribution in [1.29, 1.82) is 0 Å². The van der Waals surface area contributed by atoms with Gasteiger partial charge in [0.15, 0.2) is 10.6 Å². The third-order valence-corrected chi connectivity index (χ3v) is 4.82. The number of hydrogen-bond acceptors (Lipinski definition) is 4. The van der Waals surface area contributed by atoms with Gasteiger partial charge in [0, 0.05) is 28.9 Å². The Balaban J connectivity index is 2.24. The molecule has 0 aliphatic heterocycles. The molecule has 1 N–H and O–H groups in total. The summed E-state index contributed by atoms with van der Waals surface area (Å²) < 4.78 is 13.9. The third-order valence-electron chi connectivity index (χ3n) is 2.36. The smallest absolute Gasteiger partial charge is 0.195 e. The summed E-state index contributed by atoms with van der Waals surface area (Å²) >= 11 is 6.80. The van der Waals surface area contributed by atoms with Gasteiger partial charge in [-0.3, -0.25) is 13.9 Å². The number of nitrogens with one attached hydrogen (secondary N) is 1. The van der Waals surface area contributed by atoms with Crippen LogP contribution >= 0.6 is 23.6 Å². The van der Waals surface area contributed by atoms with Crippen molar-refractivity contribution in [3.05, 3.63) is 22.3 Å². The lowest BCUT2D eigenvalue weighted by Crippen LogP contribution is -2.10. The van der Waals surface area contributed by atoms with Crippen LogP contribution in [0.15, 0.2) is 17.5 Å². The fourth-order valence-corrected chi connectivity index (χ4v) is 3.08. The van der Waals surface area contributed by atoms with Crippen molar-refractivity contribution in [2.75, 3.05) is 11.5 Å². The Hall–Kier alpha value is -0.790. The highest BCUT2D eigenvalue weighted by molar-refractivity contribution is 7.84. The van der Waals surface area contributed by atoms with E-state index in [4.69, 9.17) is 12.2 Å². The van der Waals surface area contributed by atoms with Crippen LogP contribution in [-0.4, -0.2) is 30.5 Å². The maximum absolute atomic E-state index is 11.5. The fourth-order valence-electron chi connectivity index (χ4n) is 1.46. The summed E-state index contributed by atoms with van der Waals surface area (Å²) in [4.78, 5) is 1.07. The summed E-state index contributed by atoms with van der Waals surface area (Å²) in [5.41, 5.74) is 0. The highest BCUT2D eigenvalue weighted by atomic mass is 32.2. The van der Waals surface area contributed by atoms with E-state index in [1.807, 2.05) is 29.0 Å².